The number of benzene rings is 1. The molecule has 0 amide bonds. The number of hydrogen-bond donors (Lipinski definition) is 0. The van der Waals surface area contributed by atoms with Gasteiger partial charge in [0.1, 0.15) is 0 Å². The van der Waals surface area contributed by atoms with Gasteiger partial charge >= 0.3 is 0 Å². The molecule has 0 aliphatic rings. The van der Waals surface area contributed by atoms with Crippen molar-refractivity contribution in [1.29, 1.82) is 0 Å². The maximum atomic E-state index is 4.58. The minimum absolute atomic E-state index is 0.837. The van der Waals surface area contributed by atoms with Gasteiger partial charge < -0.3 is 0 Å². The Kier molecular flexibility index (Phi) is 3.30. The van der Waals surface area contributed by atoms with E-state index in [4.69, 9.17) is 0 Å². The van der Waals surface area contributed by atoms with Crippen LogP contribution in [0.1, 0.15) is 24.7 Å². The summed E-state index contributed by atoms with van der Waals surface area (Å²) in [6.45, 7) is 4.19. The largest absolute Gasteiger partial charge is 0.233 e. The summed E-state index contributed by atoms with van der Waals surface area (Å²) in [6, 6.07) is 12.2. The smallest absolute Gasteiger partial charge is 0.159 e. The highest BCUT2D eigenvalue weighted by atomic mass is 14.9. The number of hydrogen-bond acceptors (Lipinski definition) is 2. The first-order valence-corrected chi connectivity index (χ1v) is 5.69. The van der Waals surface area contributed by atoms with Crippen molar-refractivity contribution < 1.29 is 0 Å². The first kappa shape index (κ1) is 10.8. The van der Waals surface area contributed by atoms with Crippen LogP contribution in [-0.4, -0.2) is 9.97 Å². The van der Waals surface area contributed by atoms with Gasteiger partial charge in [-0.25, -0.2) is 9.97 Å². The molecular weight excluding hydrogens is 196 g/mol. The molecule has 0 atom stereocenters. The summed E-state index contributed by atoms with van der Waals surface area (Å²) in [5.74, 6) is 0.837. The van der Waals surface area contributed by atoms with E-state index >= 15 is 0 Å². The van der Waals surface area contributed by atoms with Gasteiger partial charge in [-0.2, -0.15) is 0 Å². The van der Waals surface area contributed by atoms with Crippen molar-refractivity contribution >= 4 is 0 Å². The molecule has 1 aromatic carbocycles. The van der Waals surface area contributed by atoms with Gasteiger partial charge in [-0.3, -0.25) is 0 Å². The predicted molar refractivity (Wildman–Crippen MR) is 66.2 cm³/mol. The molecule has 0 fully saturated rings. The second-order valence-electron chi connectivity index (χ2n) is 3.94. The van der Waals surface area contributed by atoms with Crippen molar-refractivity contribution in [2.24, 2.45) is 0 Å². The third-order valence-electron chi connectivity index (χ3n) is 2.45. The van der Waals surface area contributed by atoms with Gasteiger partial charge in [0.2, 0.25) is 0 Å². The number of rotatable bonds is 3. The third kappa shape index (κ3) is 2.45. The van der Waals surface area contributed by atoms with Crippen LogP contribution in [0.4, 0.5) is 0 Å². The molecule has 16 heavy (non-hydrogen) atoms. The van der Waals surface area contributed by atoms with E-state index < -0.39 is 0 Å². The molecule has 0 unspecified atom stereocenters. The van der Waals surface area contributed by atoms with E-state index in [0.29, 0.717) is 0 Å². The van der Waals surface area contributed by atoms with Crippen molar-refractivity contribution in [1.82, 2.24) is 9.97 Å². The van der Waals surface area contributed by atoms with Gasteiger partial charge in [-0.1, -0.05) is 43.7 Å². The topological polar surface area (TPSA) is 25.8 Å². The Balaban J connectivity index is 2.41. The van der Waals surface area contributed by atoms with E-state index in [9.17, 15) is 0 Å². The summed E-state index contributed by atoms with van der Waals surface area (Å²) in [5, 5.41) is 0. The van der Waals surface area contributed by atoms with E-state index in [1.54, 1.807) is 0 Å². The lowest BCUT2D eigenvalue weighted by atomic mass is 10.2. The fourth-order valence-electron chi connectivity index (χ4n) is 1.73. The fraction of sp³-hybridized carbons (Fsp3) is 0.286. The summed E-state index contributed by atoms with van der Waals surface area (Å²) in [7, 11) is 0. The Morgan fingerprint density at radius 1 is 1.06 bits per heavy atom. The Hall–Kier alpha value is -1.70. The second-order valence-corrected chi connectivity index (χ2v) is 3.94. The van der Waals surface area contributed by atoms with E-state index in [2.05, 4.69) is 23.0 Å². The molecular formula is C14H16N2. The van der Waals surface area contributed by atoms with E-state index in [-0.39, 0.29) is 0 Å². The zero-order valence-electron chi connectivity index (χ0n) is 9.77. The minimum Gasteiger partial charge on any atom is -0.233 e. The lowest BCUT2D eigenvalue weighted by Crippen LogP contribution is -1.97. The van der Waals surface area contributed by atoms with Crippen molar-refractivity contribution in [2.45, 2.75) is 26.7 Å². The van der Waals surface area contributed by atoms with Crippen molar-refractivity contribution in [3.63, 3.8) is 0 Å². The van der Waals surface area contributed by atoms with Crippen LogP contribution in [0.5, 0.6) is 0 Å². The Morgan fingerprint density at radius 3 is 2.50 bits per heavy atom. The molecule has 2 rings (SSSR count). The normalized spacial score (nSPS) is 10.4. The molecule has 1 heterocycles. The van der Waals surface area contributed by atoms with Gasteiger partial charge in [-0.05, 0) is 19.4 Å². The Morgan fingerprint density at radius 2 is 1.81 bits per heavy atom. The Labute approximate surface area is 96.4 Å². The maximum Gasteiger partial charge on any atom is 0.159 e. The van der Waals surface area contributed by atoms with Crippen LogP contribution < -0.4 is 0 Å². The molecule has 2 heteroatoms. The number of aryl methyl sites for hydroxylation is 2. The van der Waals surface area contributed by atoms with Crippen LogP contribution in [0, 0.1) is 6.92 Å². The molecule has 2 nitrogen and oxygen atoms in total. The highest BCUT2D eigenvalue weighted by Crippen LogP contribution is 2.15. The molecule has 82 valence electrons. The van der Waals surface area contributed by atoms with Crippen LogP contribution in [0.25, 0.3) is 11.4 Å². The highest BCUT2D eigenvalue weighted by molar-refractivity contribution is 5.54. The molecule has 0 bridgehead atoms. The molecule has 0 saturated carbocycles. The molecule has 2 aromatic rings. The molecule has 0 aliphatic heterocycles. The molecule has 0 N–H and O–H groups in total. The van der Waals surface area contributed by atoms with Gasteiger partial charge in [0, 0.05) is 17.0 Å². The first-order chi connectivity index (χ1) is 7.79. The second kappa shape index (κ2) is 4.88. The van der Waals surface area contributed by atoms with Gasteiger partial charge in [0.05, 0.1) is 0 Å². The number of nitrogens with zero attached hydrogens (tertiary/aromatic N) is 2. The molecule has 0 spiro atoms. The van der Waals surface area contributed by atoms with Crippen LogP contribution >= 0.6 is 0 Å². The number of aromatic nitrogens is 2. The summed E-state index contributed by atoms with van der Waals surface area (Å²) < 4.78 is 0. The van der Waals surface area contributed by atoms with E-state index in [0.717, 1.165) is 35.6 Å². The SMILES string of the molecule is CCCc1cc(C)nc(-c2ccccc2)n1. The van der Waals surface area contributed by atoms with Gasteiger partial charge in [-0.15, -0.1) is 0 Å². The van der Waals surface area contributed by atoms with Crippen LogP contribution in [0.2, 0.25) is 0 Å². The van der Waals surface area contributed by atoms with Crippen molar-refractivity contribution in [3.8, 4) is 11.4 Å². The summed E-state index contributed by atoms with van der Waals surface area (Å²) >= 11 is 0. The summed E-state index contributed by atoms with van der Waals surface area (Å²) in [5.41, 5.74) is 3.26. The maximum absolute atomic E-state index is 4.58. The minimum atomic E-state index is 0.837. The van der Waals surface area contributed by atoms with Crippen molar-refractivity contribution in [3.05, 3.63) is 47.8 Å². The summed E-state index contributed by atoms with van der Waals surface area (Å²) in [4.78, 5) is 9.06. The van der Waals surface area contributed by atoms with Crippen LogP contribution in [0.15, 0.2) is 36.4 Å². The third-order valence-corrected chi connectivity index (χ3v) is 2.45. The van der Waals surface area contributed by atoms with E-state index in [1.165, 1.54) is 0 Å². The lowest BCUT2D eigenvalue weighted by molar-refractivity contribution is 0.869. The molecule has 0 radical (unpaired) electrons. The summed E-state index contributed by atoms with van der Waals surface area (Å²) in [6.07, 6.45) is 2.13. The molecule has 0 aliphatic carbocycles. The van der Waals surface area contributed by atoms with Gasteiger partial charge in [0.15, 0.2) is 5.82 Å². The molecule has 1 aromatic heterocycles. The van der Waals surface area contributed by atoms with E-state index in [1.807, 2.05) is 37.3 Å². The lowest BCUT2D eigenvalue weighted by Gasteiger charge is -2.05. The average Bonchev–Trinajstić information content (AvgIpc) is 2.30. The predicted octanol–water partition coefficient (Wildman–Crippen LogP) is 3.40. The molecule has 0 saturated heterocycles. The standard InChI is InChI=1S/C14H16N2/c1-3-7-13-10-11(2)15-14(16-13)12-8-5-4-6-9-12/h4-6,8-10H,3,7H2,1-2H3. The van der Waals surface area contributed by atoms with Crippen LogP contribution in [0.3, 0.4) is 0 Å². The zero-order valence-corrected chi connectivity index (χ0v) is 9.77. The Bertz CT molecular complexity index is 463. The van der Waals surface area contributed by atoms with Crippen LogP contribution in [-0.2, 0) is 6.42 Å². The van der Waals surface area contributed by atoms with Gasteiger partial charge in [0.25, 0.3) is 0 Å². The van der Waals surface area contributed by atoms with Crippen molar-refractivity contribution in [2.75, 3.05) is 0 Å². The average molecular weight is 212 g/mol. The first-order valence-electron chi connectivity index (χ1n) is 5.69. The zero-order chi connectivity index (χ0) is 11.4. The fourth-order valence-corrected chi connectivity index (χ4v) is 1.73. The highest BCUT2D eigenvalue weighted by Gasteiger charge is 2.03. The quantitative estimate of drug-likeness (QED) is 0.779. The monoisotopic (exact) mass is 212 g/mol.